The number of amides is 1. The Kier molecular flexibility index (Phi) is 5.69. The molecular formula is C23H21N4O5S+. The molecule has 9 nitrogen and oxygen atoms in total. The summed E-state index contributed by atoms with van der Waals surface area (Å²) in [4.78, 5) is 37.7. The van der Waals surface area contributed by atoms with Gasteiger partial charge in [-0.2, -0.15) is 4.57 Å². The first kappa shape index (κ1) is 22.2. The lowest BCUT2D eigenvalue weighted by Crippen LogP contribution is -2.35. The fraction of sp³-hybridized carbons (Fsp3) is 0.130. The molecule has 168 valence electrons. The number of aromatic nitrogens is 2. The zero-order valence-corrected chi connectivity index (χ0v) is 18.7. The molecule has 33 heavy (non-hydrogen) atoms. The summed E-state index contributed by atoms with van der Waals surface area (Å²) < 4.78 is 31.8. The number of benzene rings is 2. The van der Waals surface area contributed by atoms with Crippen LogP contribution in [0.15, 0.2) is 77.8 Å². The van der Waals surface area contributed by atoms with Crippen molar-refractivity contribution in [2.24, 2.45) is 0 Å². The molecule has 0 atom stereocenters. The third kappa shape index (κ3) is 4.20. The summed E-state index contributed by atoms with van der Waals surface area (Å²) in [6.07, 6.45) is 4.93. The molecule has 0 saturated heterocycles. The molecule has 10 heteroatoms. The average molecular weight is 466 g/mol. The van der Waals surface area contributed by atoms with Crippen LogP contribution in [0.1, 0.15) is 34.6 Å². The van der Waals surface area contributed by atoms with E-state index in [2.05, 4.69) is 10.0 Å². The summed E-state index contributed by atoms with van der Waals surface area (Å²) in [7, 11) is -4.22. The molecule has 0 saturated carbocycles. The Morgan fingerprint density at radius 3 is 2.21 bits per heavy atom. The van der Waals surface area contributed by atoms with E-state index in [1.165, 1.54) is 41.8 Å². The van der Waals surface area contributed by atoms with Crippen LogP contribution in [0.25, 0.3) is 5.70 Å². The molecule has 1 amide bonds. The minimum absolute atomic E-state index is 0.0793. The van der Waals surface area contributed by atoms with Gasteiger partial charge in [-0.15, -0.1) is 0 Å². The van der Waals surface area contributed by atoms with E-state index in [0.29, 0.717) is 12.2 Å². The second-order valence-corrected chi connectivity index (χ2v) is 9.07. The highest BCUT2D eigenvalue weighted by Gasteiger charge is 2.38. The van der Waals surface area contributed by atoms with Crippen LogP contribution in [0.4, 0.5) is 5.69 Å². The number of hydrogen-bond donors (Lipinski definition) is 2. The number of nitrogens with one attached hydrogen (secondary N) is 2. The number of hydrogen-bond acceptors (Lipinski definition) is 5. The smallest absolute Gasteiger partial charge is 0.262 e. The van der Waals surface area contributed by atoms with Gasteiger partial charge >= 0.3 is 0 Å². The summed E-state index contributed by atoms with van der Waals surface area (Å²) in [5.41, 5.74) is 0.348. The molecule has 1 aliphatic rings. The Bertz CT molecular complexity index is 1420. The average Bonchev–Trinajstić information content (AvgIpc) is 3.26. The number of fused-ring (bicyclic) bond motifs is 1. The van der Waals surface area contributed by atoms with Gasteiger partial charge in [0.05, 0.1) is 11.4 Å². The van der Waals surface area contributed by atoms with Crippen LogP contribution < -0.4 is 14.6 Å². The van der Waals surface area contributed by atoms with Gasteiger partial charge in [-0.1, -0.05) is 24.3 Å². The number of nitrogens with zero attached hydrogens (tertiary/aromatic N) is 2. The van der Waals surface area contributed by atoms with Crippen molar-refractivity contribution in [1.82, 2.24) is 9.29 Å². The van der Waals surface area contributed by atoms with Crippen molar-refractivity contribution in [3.05, 3.63) is 84.1 Å². The molecule has 4 rings (SSSR count). The number of imidazole rings is 1. The van der Waals surface area contributed by atoms with Crippen LogP contribution in [0, 0.1) is 0 Å². The topological polar surface area (TPSA) is 118 Å². The summed E-state index contributed by atoms with van der Waals surface area (Å²) in [5.74, 6) is -1.36. The largest absolute Gasteiger partial charge is 0.326 e. The summed E-state index contributed by atoms with van der Waals surface area (Å²) in [6.45, 7) is 3.88. The standard InChI is InChI=1S/C23H20N4O5S/c1-3-26-12-13-27(14-26)21-20(22(29)18-6-4-5-7-19(18)23(21)30)25-33(31,32)17-10-8-16(9-11-17)24-15(2)28/h4-14H,3H2,1-2H3,(H-,24,25,28,30)/p+1. The molecule has 0 radical (unpaired) electrons. The lowest BCUT2D eigenvalue weighted by atomic mass is 9.90. The number of carbonyl (C=O) groups is 3. The van der Waals surface area contributed by atoms with Crippen LogP contribution in [-0.4, -0.2) is 30.5 Å². The highest BCUT2D eigenvalue weighted by atomic mass is 32.2. The zero-order valence-electron chi connectivity index (χ0n) is 17.9. The third-order valence-corrected chi connectivity index (χ3v) is 6.50. The van der Waals surface area contributed by atoms with Crippen molar-refractivity contribution < 1.29 is 27.4 Å². The van der Waals surface area contributed by atoms with Gasteiger partial charge in [0.25, 0.3) is 10.0 Å². The molecule has 2 aromatic carbocycles. The van der Waals surface area contributed by atoms with Crippen LogP contribution >= 0.6 is 0 Å². The molecule has 3 aromatic rings. The first-order chi connectivity index (χ1) is 15.7. The normalized spacial score (nSPS) is 13.6. The van der Waals surface area contributed by atoms with Gasteiger partial charge in [0.2, 0.25) is 29.5 Å². The number of ketones is 2. The number of aryl methyl sites for hydroxylation is 1. The number of Topliss-reactive ketones (excluding diaryl/α,β-unsaturated/α-hetero) is 2. The van der Waals surface area contributed by atoms with Crippen LogP contribution in [-0.2, 0) is 21.4 Å². The van der Waals surface area contributed by atoms with Crippen LogP contribution in [0.3, 0.4) is 0 Å². The Morgan fingerprint density at radius 2 is 1.64 bits per heavy atom. The Hall–Kier alpha value is -4.05. The minimum Gasteiger partial charge on any atom is -0.326 e. The first-order valence-corrected chi connectivity index (χ1v) is 11.6. The maximum absolute atomic E-state index is 13.3. The molecule has 0 aliphatic heterocycles. The summed E-state index contributed by atoms with van der Waals surface area (Å²) >= 11 is 0. The number of sulfonamides is 1. The predicted octanol–water partition coefficient (Wildman–Crippen LogP) is 1.98. The highest BCUT2D eigenvalue weighted by molar-refractivity contribution is 7.89. The quantitative estimate of drug-likeness (QED) is 0.540. The lowest BCUT2D eigenvalue weighted by molar-refractivity contribution is -0.692. The molecule has 0 spiro atoms. The second kappa shape index (κ2) is 8.47. The van der Waals surface area contributed by atoms with E-state index < -0.39 is 21.6 Å². The highest BCUT2D eigenvalue weighted by Crippen LogP contribution is 2.29. The van der Waals surface area contributed by atoms with E-state index in [1.54, 1.807) is 41.5 Å². The van der Waals surface area contributed by atoms with Crippen LogP contribution in [0.5, 0.6) is 0 Å². The van der Waals surface area contributed by atoms with Gasteiger partial charge < -0.3 is 5.32 Å². The lowest BCUT2D eigenvalue weighted by Gasteiger charge is -2.19. The monoisotopic (exact) mass is 465 g/mol. The molecule has 2 N–H and O–H groups in total. The first-order valence-electron chi connectivity index (χ1n) is 10.1. The van der Waals surface area contributed by atoms with Gasteiger partial charge in [0.15, 0.2) is 0 Å². The van der Waals surface area contributed by atoms with Crippen molar-refractivity contribution in [3.8, 4) is 0 Å². The summed E-state index contributed by atoms with van der Waals surface area (Å²) in [6, 6.07) is 11.8. The van der Waals surface area contributed by atoms with E-state index in [0.717, 1.165) is 0 Å². The molecular weight excluding hydrogens is 444 g/mol. The van der Waals surface area contributed by atoms with Crippen molar-refractivity contribution in [2.75, 3.05) is 5.32 Å². The van der Waals surface area contributed by atoms with Crippen molar-refractivity contribution in [1.29, 1.82) is 0 Å². The van der Waals surface area contributed by atoms with E-state index >= 15 is 0 Å². The van der Waals surface area contributed by atoms with E-state index in [9.17, 15) is 22.8 Å². The molecule has 1 aliphatic carbocycles. The van der Waals surface area contributed by atoms with Gasteiger partial charge in [0.1, 0.15) is 18.1 Å². The molecule has 0 fully saturated rings. The number of rotatable bonds is 6. The second-order valence-electron chi connectivity index (χ2n) is 7.39. The van der Waals surface area contributed by atoms with Crippen molar-refractivity contribution in [2.45, 2.75) is 25.3 Å². The predicted molar refractivity (Wildman–Crippen MR) is 120 cm³/mol. The minimum atomic E-state index is -4.22. The summed E-state index contributed by atoms with van der Waals surface area (Å²) in [5, 5.41) is 2.56. The third-order valence-electron chi connectivity index (χ3n) is 5.13. The van der Waals surface area contributed by atoms with Crippen molar-refractivity contribution in [3.63, 3.8) is 0 Å². The van der Waals surface area contributed by atoms with E-state index in [-0.39, 0.29) is 33.3 Å². The van der Waals surface area contributed by atoms with Crippen molar-refractivity contribution >= 4 is 38.9 Å². The number of allylic oxidation sites excluding steroid dienone is 2. The SMILES string of the molecule is CC[n+]1ccn(C2=C(NS(=O)(=O)c3ccc(NC(C)=O)cc3)C(=O)c3ccccc3C2=O)c1. The van der Waals surface area contributed by atoms with Gasteiger partial charge in [0, 0.05) is 23.7 Å². The molecule has 0 bridgehead atoms. The Labute approximate surface area is 190 Å². The Balaban J connectivity index is 1.80. The number of carbonyl (C=O) groups excluding carboxylic acids is 3. The maximum atomic E-state index is 13.3. The van der Waals surface area contributed by atoms with Gasteiger partial charge in [-0.3, -0.25) is 19.1 Å². The van der Waals surface area contributed by atoms with E-state index in [4.69, 9.17) is 0 Å². The maximum Gasteiger partial charge on any atom is 0.262 e. The Morgan fingerprint density at radius 1 is 1.00 bits per heavy atom. The number of anilines is 1. The molecule has 1 aromatic heterocycles. The molecule has 0 unspecified atom stereocenters. The zero-order chi connectivity index (χ0) is 23.8. The fourth-order valence-electron chi connectivity index (χ4n) is 3.53. The molecule has 1 heterocycles. The fourth-order valence-corrected chi connectivity index (χ4v) is 4.60. The van der Waals surface area contributed by atoms with E-state index in [1.807, 2.05) is 6.92 Å². The van der Waals surface area contributed by atoms with Gasteiger partial charge in [-0.05, 0) is 31.2 Å². The van der Waals surface area contributed by atoms with Gasteiger partial charge in [-0.25, -0.2) is 13.0 Å². The van der Waals surface area contributed by atoms with Crippen LogP contribution in [0.2, 0.25) is 0 Å².